The van der Waals surface area contributed by atoms with E-state index in [-0.39, 0.29) is 0 Å². The van der Waals surface area contributed by atoms with Crippen LogP contribution in [0.3, 0.4) is 0 Å². The number of rotatable bonds is 0. The van der Waals surface area contributed by atoms with Crippen molar-refractivity contribution < 1.29 is 0 Å². The molecule has 1 heteroatoms. The van der Waals surface area contributed by atoms with Gasteiger partial charge in [0.15, 0.2) is 0 Å². The summed E-state index contributed by atoms with van der Waals surface area (Å²) in [4.78, 5) is 4.63. The molecule has 1 aromatic carbocycles. The Hall–Kier alpha value is -1.63. The van der Waals surface area contributed by atoms with Gasteiger partial charge in [0, 0.05) is 18.2 Å². The molecule has 0 radical (unpaired) electrons. The van der Waals surface area contributed by atoms with Crippen molar-refractivity contribution in [2.45, 2.75) is 34.1 Å². The lowest BCUT2D eigenvalue weighted by Gasteiger charge is -2.06. The van der Waals surface area contributed by atoms with E-state index in [1.165, 1.54) is 44.6 Å². The fraction of sp³-hybridized carbons (Fsp3) is 0.312. The smallest absolute Gasteiger partial charge is 0.0743 e. The highest BCUT2D eigenvalue weighted by Gasteiger charge is 2.22. The summed E-state index contributed by atoms with van der Waals surface area (Å²) in [7, 11) is 0. The number of aromatic nitrogens is 1. The van der Waals surface area contributed by atoms with E-state index in [0.717, 1.165) is 6.42 Å². The number of hydrogen-bond donors (Lipinski definition) is 0. The van der Waals surface area contributed by atoms with Crippen molar-refractivity contribution in [1.29, 1.82) is 0 Å². The van der Waals surface area contributed by atoms with E-state index in [0.29, 0.717) is 0 Å². The Kier molecular flexibility index (Phi) is 2.12. The van der Waals surface area contributed by atoms with Crippen molar-refractivity contribution in [2.75, 3.05) is 0 Å². The van der Waals surface area contributed by atoms with Crippen LogP contribution in [0, 0.1) is 27.7 Å². The van der Waals surface area contributed by atoms with E-state index < -0.39 is 0 Å². The molecule has 0 atom stereocenters. The largest absolute Gasteiger partial charge is 0.256 e. The van der Waals surface area contributed by atoms with Crippen LogP contribution in [0.25, 0.3) is 11.3 Å². The zero-order valence-electron chi connectivity index (χ0n) is 10.9. The van der Waals surface area contributed by atoms with Crippen LogP contribution in [0.2, 0.25) is 0 Å². The molecule has 0 fully saturated rings. The zero-order valence-corrected chi connectivity index (χ0v) is 10.9. The fourth-order valence-corrected chi connectivity index (χ4v) is 2.63. The van der Waals surface area contributed by atoms with Crippen molar-refractivity contribution in [1.82, 2.24) is 4.98 Å². The Morgan fingerprint density at radius 3 is 2.41 bits per heavy atom. The Labute approximate surface area is 103 Å². The molecule has 1 aliphatic rings. The van der Waals surface area contributed by atoms with Crippen molar-refractivity contribution in [3.8, 4) is 11.3 Å². The van der Waals surface area contributed by atoms with Gasteiger partial charge >= 0.3 is 0 Å². The quantitative estimate of drug-likeness (QED) is 0.563. The highest BCUT2D eigenvalue weighted by atomic mass is 14.7. The average Bonchev–Trinajstić information content (AvgIpc) is 2.63. The van der Waals surface area contributed by atoms with Crippen LogP contribution in [-0.4, -0.2) is 4.98 Å². The summed E-state index contributed by atoms with van der Waals surface area (Å²) in [6.07, 6.45) is 3.05. The van der Waals surface area contributed by atoms with Gasteiger partial charge in [-0.1, -0.05) is 6.07 Å². The van der Waals surface area contributed by atoms with Gasteiger partial charge in [-0.2, -0.15) is 0 Å². The third-order valence-electron chi connectivity index (χ3n) is 4.06. The highest BCUT2D eigenvalue weighted by molar-refractivity contribution is 5.76. The molecule has 1 aliphatic carbocycles. The summed E-state index contributed by atoms with van der Waals surface area (Å²) in [5.74, 6) is 0. The van der Waals surface area contributed by atoms with Crippen molar-refractivity contribution >= 4 is 0 Å². The SMILES string of the molecule is Cc1cc2c(cc1C)-c1ncc(C)c(C)c1C2. The van der Waals surface area contributed by atoms with Crippen molar-refractivity contribution in [3.63, 3.8) is 0 Å². The zero-order chi connectivity index (χ0) is 12.2. The molecule has 0 saturated heterocycles. The average molecular weight is 223 g/mol. The number of aryl methyl sites for hydroxylation is 3. The van der Waals surface area contributed by atoms with Crippen LogP contribution in [0.4, 0.5) is 0 Å². The number of pyridine rings is 1. The molecule has 0 aliphatic heterocycles. The molecule has 2 aromatic rings. The molecular weight excluding hydrogens is 206 g/mol. The maximum atomic E-state index is 4.63. The second kappa shape index (κ2) is 3.43. The fourth-order valence-electron chi connectivity index (χ4n) is 2.63. The second-order valence-electron chi connectivity index (χ2n) is 5.16. The van der Waals surface area contributed by atoms with E-state index in [9.17, 15) is 0 Å². The Bertz CT molecular complexity index is 624. The minimum absolute atomic E-state index is 1.05. The molecule has 0 N–H and O–H groups in total. The maximum absolute atomic E-state index is 4.63. The topological polar surface area (TPSA) is 12.9 Å². The standard InChI is InChI=1S/C16H17N/c1-9-5-13-7-14-12(4)11(3)8-17-16(14)15(13)6-10(9)2/h5-6,8H,7H2,1-4H3. The molecule has 17 heavy (non-hydrogen) atoms. The van der Waals surface area contributed by atoms with Gasteiger partial charge in [-0.15, -0.1) is 0 Å². The minimum Gasteiger partial charge on any atom is -0.256 e. The van der Waals surface area contributed by atoms with Gasteiger partial charge in [0.05, 0.1) is 5.69 Å². The molecule has 0 saturated carbocycles. The molecule has 0 amide bonds. The molecule has 0 bridgehead atoms. The first-order valence-corrected chi connectivity index (χ1v) is 6.13. The monoisotopic (exact) mass is 223 g/mol. The van der Waals surface area contributed by atoms with Crippen LogP contribution in [0.1, 0.15) is 33.4 Å². The lowest BCUT2D eigenvalue weighted by Crippen LogP contribution is -1.92. The van der Waals surface area contributed by atoms with Crippen LogP contribution in [0.5, 0.6) is 0 Å². The van der Waals surface area contributed by atoms with Crippen LogP contribution < -0.4 is 0 Å². The molecular formula is C16H17N. The van der Waals surface area contributed by atoms with E-state index >= 15 is 0 Å². The number of nitrogens with zero attached hydrogens (tertiary/aromatic N) is 1. The molecule has 0 spiro atoms. The predicted octanol–water partition coefficient (Wildman–Crippen LogP) is 3.89. The molecule has 1 aromatic heterocycles. The molecule has 1 heterocycles. The summed E-state index contributed by atoms with van der Waals surface area (Å²) >= 11 is 0. The van der Waals surface area contributed by atoms with Gasteiger partial charge in [-0.05, 0) is 67.1 Å². The van der Waals surface area contributed by atoms with E-state index in [2.05, 4.69) is 44.8 Å². The molecule has 1 nitrogen and oxygen atoms in total. The van der Waals surface area contributed by atoms with Gasteiger partial charge < -0.3 is 0 Å². The first-order valence-electron chi connectivity index (χ1n) is 6.13. The van der Waals surface area contributed by atoms with Crippen molar-refractivity contribution in [3.05, 3.63) is 51.7 Å². The Balaban J connectivity index is 2.29. The summed E-state index contributed by atoms with van der Waals surface area (Å²) in [5.41, 5.74) is 10.8. The predicted molar refractivity (Wildman–Crippen MR) is 71.4 cm³/mol. The van der Waals surface area contributed by atoms with Gasteiger partial charge in [0.25, 0.3) is 0 Å². The van der Waals surface area contributed by atoms with Gasteiger partial charge in [-0.3, -0.25) is 4.98 Å². The first-order chi connectivity index (χ1) is 8.08. The normalized spacial score (nSPS) is 12.5. The molecule has 3 rings (SSSR count). The third kappa shape index (κ3) is 1.42. The summed E-state index contributed by atoms with van der Waals surface area (Å²) in [5, 5.41) is 0. The van der Waals surface area contributed by atoms with Crippen LogP contribution in [-0.2, 0) is 6.42 Å². The van der Waals surface area contributed by atoms with Gasteiger partial charge in [0.1, 0.15) is 0 Å². The second-order valence-corrected chi connectivity index (χ2v) is 5.16. The summed E-state index contributed by atoms with van der Waals surface area (Å²) in [6.45, 7) is 8.71. The number of benzene rings is 1. The lowest BCUT2D eigenvalue weighted by molar-refractivity contribution is 1.14. The first kappa shape index (κ1) is 10.5. The molecule has 86 valence electrons. The van der Waals surface area contributed by atoms with Crippen molar-refractivity contribution in [2.24, 2.45) is 0 Å². The summed E-state index contributed by atoms with van der Waals surface area (Å²) in [6, 6.07) is 4.61. The Morgan fingerprint density at radius 2 is 1.65 bits per heavy atom. The number of hydrogen-bond acceptors (Lipinski definition) is 1. The third-order valence-corrected chi connectivity index (χ3v) is 4.06. The highest BCUT2D eigenvalue weighted by Crippen LogP contribution is 2.38. The van der Waals surface area contributed by atoms with E-state index in [1.54, 1.807) is 0 Å². The van der Waals surface area contributed by atoms with Gasteiger partial charge in [0.2, 0.25) is 0 Å². The van der Waals surface area contributed by atoms with E-state index in [1.807, 2.05) is 6.20 Å². The van der Waals surface area contributed by atoms with Crippen LogP contribution in [0.15, 0.2) is 18.3 Å². The Morgan fingerprint density at radius 1 is 0.941 bits per heavy atom. The van der Waals surface area contributed by atoms with E-state index in [4.69, 9.17) is 0 Å². The molecule has 0 unspecified atom stereocenters. The van der Waals surface area contributed by atoms with Gasteiger partial charge in [-0.25, -0.2) is 0 Å². The lowest BCUT2D eigenvalue weighted by atomic mass is 10.0. The maximum Gasteiger partial charge on any atom is 0.0743 e. The van der Waals surface area contributed by atoms with Crippen LogP contribution >= 0.6 is 0 Å². The summed E-state index contributed by atoms with van der Waals surface area (Å²) < 4.78 is 0. The number of fused-ring (bicyclic) bond motifs is 3. The minimum atomic E-state index is 1.05.